The topological polar surface area (TPSA) is 91.8 Å². The summed E-state index contributed by atoms with van der Waals surface area (Å²) in [5, 5.41) is 12.4. The zero-order valence-corrected chi connectivity index (χ0v) is 19.3. The van der Waals surface area contributed by atoms with Crippen molar-refractivity contribution in [2.45, 2.75) is 58.5 Å². The molecule has 0 aliphatic carbocycles. The van der Waals surface area contributed by atoms with Crippen LogP contribution in [0.2, 0.25) is 0 Å². The molecule has 7 heteroatoms. The van der Waals surface area contributed by atoms with Crippen LogP contribution >= 0.6 is 0 Å². The molecule has 7 nitrogen and oxygen atoms in total. The zero-order chi connectivity index (χ0) is 23.3. The number of ether oxygens (including phenoxy) is 1. The lowest BCUT2D eigenvalue weighted by atomic mass is 9.98. The number of rotatable bonds is 13. The van der Waals surface area contributed by atoms with Crippen molar-refractivity contribution < 1.29 is 19.4 Å². The smallest absolute Gasteiger partial charge is 0.333 e. The highest BCUT2D eigenvalue weighted by Gasteiger charge is 2.20. The minimum absolute atomic E-state index is 0.194. The van der Waals surface area contributed by atoms with E-state index in [0.29, 0.717) is 24.7 Å². The first-order valence-corrected chi connectivity index (χ1v) is 11.4. The highest BCUT2D eigenvalue weighted by atomic mass is 16.5. The number of aliphatic carboxylic acids is 1. The van der Waals surface area contributed by atoms with Crippen LogP contribution in [0.5, 0.6) is 0 Å². The van der Waals surface area contributed by atoms with Crippen molar-refractivity contribution in [3.8, 4) is 11.3 Å². The van der Waals surface area contributed by atoms with Crippen LogP contribution in [0.15, 0.2) is 42.5 Å². The lowest BCUT2D eigenvalue weighted by Crippen LogP contribution is -2.38. The molecule has 1 aromatic carbocycles. The number of urea groups is 1. The Morgan fingerprint density at radius 2 is 1.81 bits per heavy atom. The molecule has 2 N–H and O–H groups in total. The van der Waals surface area contributed by atoms with Crippen molar-refractivity contribution in [2.75, 3.05) is 25.1 Å². The fraction of sp³-hybridized carbons (Fsp3) is 0.480. The normalized spacial score (nSPS) is 11.7. The summed E-state index contributed by atoms with van der Waals surface area (Å²) < 4.78 is 5.38. The molecule has 1 heterocycles. The summed E-state index contributed by atoms with van der Waals surface area (Å²) in [4.78, 5) is 30.2. The van der Waals surface area contributed by atoms with Crippen LogP contribution in [0, 0.1) is 0 Å². The van der Waals surface area contributed by atoms with Gasteiger partial charge in [0.25, 0.3) is 0 Å². The van der Waals surface area contributed by atoms with Gasteiger partial charge in [-0.2, -0.15) is 0 Å². The lowest BCUT2D eigenvalue weighted by molar-refractivity contribution is -0.149. The molecule has 2 aromatic rings. The van der Waals surface area contributed by atoms with Gasteiger partial charge in [0.15, 0.2) is 6.10 Å². The lowest BCUT2D eigenvalue weighted by Gasteiger charge is -2.19. The Kier molecular flexibility index (Phi) is 10.7. The molecule has 0 aliphatic heterocycles. The monoisotopic (exact) mass is 441 g/mol. The number of benzene rings is 1. The average molecular weight is 442 g/mol. The first kappa shape index (κ1) is 25.3. The van der Waals surface area contributed by atoms with E-state index in [1.807, 2.05) is 36.4 Å². The molecule has 0 bridgehead atoms. The van der Waals surface area contributed by atoms with Gasteiger partial charge in [-0.15, -0.1) is 0 Å². The van der Waals surface area contributed by atoms with Gasteiger partial charge in [0.05, 0.1) is 5.69 Å². The van der Waals surface area contributed by atoms with E-state index in [0.717, 1.165) is 24.0 Å². The standard InChI is InChI=1S/C25H35N3O4/c1-4-6-7-8-11-17-26-25(31)28(3)23-16-12-15-21(27-23)20-14-10-9-13-19(20)18-22(24(29)30)32-5-2/h9-10,12-16,22H,4-8,11,17-18H2,1-3H3,(H,26,31)(H,29,30)/t22-/m0/s1. The molecule has 1 atom stereocenters. The molecule has 0 saturated carbocycles. The van der Waals surface area contributed by atoms with Crippen molar-refractivity contribution in [1.82, 2.24) is 10.3 Å². The van der Waals surface area contributed by atoms with Crippen molar-refractivity contribution >= 4 is 17.8 Å². The summed E-state index contributed by atoms with van der Waals surface area (Å²) in [6.45, 7) is 4.92. The molecule has 0 unspecified atom stereocenters. The molecular weight excluding hydrogens is 406 g/mol. The SMILES string of the molecule is CCCCCCCNC(=O)N(C)c1cccc(-c2ccccc2C[C@H](OCC)C(=O)O)n1. The Bertz CT molecular complexity index is 872. The molecule has 1 aromatic heterocycles. The van der Waals surface area contributed by atoms with Crippen LogP contribution in [0.25, 0.3) is 11.3 Å². The Balaban J connectivity index is 2.11. The number of anilines is 1. The van der Waals surface area contributed by atoms with Gasteiger partial charge in [0, 0.05) is 32.2 Å². The largest absolute Gasteiger partial charge is 0.479 e. The fourth-order valence-corrected chi connectivity index (χ4v) is 3.47. The summed E-state index contributed by atoms with van der Waals surface area (Å²) in [7, 11) is 1.69. The van der Waals surface area contributed by atoms with Gasteiger partial charge in [-0.05, 0) is 31.0 Å². The molecule has 0 radical (unpaired) electrons. The highest BCUT2D eigenvalue weighted by Crippen LogP contribution is 2.25. The van der Waals surface area contributed by atoms with E-state index in [-0.39, 0.29) is 12.5 Å². The van der Waals surface area contributed by atoms with Crippen LogP contribution in [-0.4, -0.2) is 48.4 Å². The first-order chi connectivity index (χ1) is 15.5. The number of hydrogen-bond donors (Lipinski definition) is 2. The van der Waals surface area contributed by atoms with Gasteiger partial charge in [0.2, 0.25) is 0 Å². The number of aromatic nitrogens is 1. The number of nitrogens with one attached hydrogen (secondary N) is 1. The number of carboxylic acid groups (broad SMARTS) is 1. The molecule has 0 fully saturated rings. The van der Waals surface area contributed by atoms with Crippen LogP contribution in [-0.2, 0) is 16.0 Å². The average Bonchev–Trinajstić information content (AvgIpc) is 2.80. The second kappa shape index (κ2) is 13.5. The molecule has 0 saturated heterocycles. The predicted octanol–water partition coefficient (Wildman–Crippen LogP) is 4.90. The number of unbranched alkanes of at least 4 members (excludes halogenated alkanes) is 4. The van der Waals surface area contributed by atoms with E-state index in [2.05, 4.69) is 17.2 Å². The maximum Gasteiger partial charge on any atom is 0.333 e. The Labute approximate surface area is 190 Å². The third-order valence-electron chi connectivity index (χ3n) is 5.28. The Hall–Kier alpha value is -2.93. The Morgan fingerprint density at radius 3 is 2.53 bits per heavy atom. The van der Waals surface area contributed by atoms with Crippen molar-refractivity contribution in [3.05, 3.63) is 48.0 Å². The summed E-state index contributed by atoms with van der Waals surface area (Å²) in [6, 6.07) is 12.8. The number of amides is 2. The predicted molar refractivity (Wildman–Crippen MR) is 127 cm³/mol. The van der Waals surface area contributed by atoms with Gasteiger partial charge < -0.3 is 15.2 Å². The van der Waals surface area contributed by atoms with Crippen LogP contribution in [0.1, 0.15) is 51.5 Å². The minimum Gasteiger partial charge on any atom is -0.479 e. The van der Waals surface area contributed by atoms with E-state index < -0.39 is 12.1 Å². The number of nitrogens with zero attached hydrogens (tertiary/aromatic N) is 2. The summed E-state index contributed by atoms with van der Waals surface area (Å²) in [6.07, 6.45) is 5.01. The molecule has 0 aliphatic rings. The summed E-state index contributed by atoms with van der Waals surface area (Å²) >= 11 is 0. The van der Waals surface area contributed by atoms with Crippen molar-refractivity contribution in [1.29, 1.82) is 0 Å². The number of pyridine rings is 1. The van der Waals surface area contributed by atoms with Gasteiger partial charge in [0.1, 0.15) is 5.82 Å². The molecule has 2 rings (SSSR count). The number of hydrogen-bond acceptors (Lipinski definition) is 4. The van der Waals surface area contributed by atoms with Crippen molar-refractivity contribution in [2.24, 2.45) is 0 Å². The molecule has 0 spiro atoms. The third-order valence-corrected chi connectivity index (χ3v) is 5.28. The van der Waals surface area contributed by atoms with E-state index in [1.54, 1.807) is 20.0 Å². The van der Waals surface area contributed by atoms with Gasteiger partial charge in [-0.25, -0.2) is 14.6 Å². The maximum absolute atomic E-state index is 12.5. The zero-order valence-electron chi connectivity index (χ0n) is 19.3. The first-order valence-electron chi connectivity index (χ1n) is 11.4. The van der Waals surface area contributed by atoms with Crippen LogP contribution < -0.4 is 10.2 Å². The van der Waals surface area contributed by atoms with Crippen LogP contribution in [0.4, 0.5) is 10.6 Å². The highest BCUT2D eigenvalue weighted by molar-refractivity contribution is 5.90. The Morgan fingerprint density at radius 1 is 1.06 bits per heavy atom. The second-order valence-corrected chi connectivity index (χ2v) is 7.73. The quantitative estimate of drug-likeness (QED) is 0.432. The number of carbonyl (C=O) groups is 2. The van der Waals surface area contributed by atoms with Crippen molar-refractivity contribution in [3.63, 3.8) is 0 Å². The summed E-state index contributed by atoms with van der Waals surface area (Å²) in [5.41, 5.74) is 2.33. The van der Waals surface area contributed by atoms with E-state index in [4.69, 9.17) is 4.74 Å². The number of carboxylic acids is 1. The molecule has 174 valence electrons. The maximum atomic E-state index is 12.5. The van der Waals surface area contributed by atoms with Gasteiger partial charge >= 0.3 is 12.0 Å². The minimum atomic E-state index is -0.991. The second-order valence-electron chi connectivity index (χ2n) is 7.73. The van der Waals surface area contributed by atoms with E-state index in [9.17, 15) is 14.7 Å². The van der Waals surface area contributed by atoms with Gasteiger partial charge in [-0.1, -0.05) is 62.9 Å². The van der Waals surface area contributed by atoms with E-state index >= 15 is 0 Å². The third kappa shape index (κ3) is 7.64. The molecular formula is C25H35N3O4. The summed E-state index contributed by atoms with van der Waals surface area (Å²) in [5.74, 6) is -0.463. The molecule has 2 amide bonds. The van der Waals surface area contributed by atoms with Gasteiger partial charge in [-0.3, -0.25) is 4.90 Å². The molecule has 32 heavy (non-hydrogen) atoms. The van der Waals surface area contributed by atoms with Crippen LogP contribution in [0.3, 0.4) is 0 Å². The number of carbonyl (C=O) groups excluding carboxylic acids is 1. The fourth-order valence-electron chi connectivity index (χ4n) is 3.47. The van der Waals surface area contributed by atoms with E-state index in [1.165, 1.54) is 24.2 Å².